The molecule has 0 radical (unpaired) electrons. The average Bonchev–Trinajstić information content (AvgIpc) is 2.35. The fourth-order valence-electron chi connectivity index (χ4n) is 1.52. The largest absolute Gasteiger partial charge is 0.322 e. The second-order valence-electron chi connectivity index (χ2n) is 3.87. The number of nitrogens with one attached hydrogen (secondary N) is 1. The summed E-state index contributed by atoms with van der Waals surface area (Å²) in [6.45, 7) is 0. The van der Waals surface area contributed by atoms with E-state index in [4.69, 9.17) is 0 Å². The van der Waals surface area contributed by atoms with Crippen molar-refractivity contribution in [1.29, 1.82) is 0 Å². The van der Waals surface area contributed by atoms with Crippen LogP contribution in [0.3, 0.4) is 0 Å². The first-order valence-electron chi connectivity index (χ1n) is 5.33. The summed E-state index contributed by atoms with van der Waals surface area (Å²) in [4.78, 5) is 12.3. The molecule has 2 nitrogen and oxygen atoms in total. The molecule has 0 saturated heterocycles. The average molecular weight is 362 g/mol. The first-order chi connectivity index (χ1) is 9.38. The van der Waals surface area contributed by atoms with Crippen LogP contribution < -0.4 is 5.32 Å². The third-order valence-electron chi connectivity index (χ3n) is 2.45. The number of hydrogen-bond donors (Lipinski definition) is 2. The van der Waals surface area contributed by atoms with Gasteiger partial charge in [0.2, 0.25) is 0 Å². The molecule has 0 heterocycles. The van der Waals surface area contributed by atoms with Crippen LogP contribution in [-0.2, 0) is 0 Å². The highest BCUT2D eigenvalue weighted by Crippen LogP contribution is 2.22. The number of amides is 1. The molecule has 1 N–H and O–H groups in total. The molecule has 0 saturated carbocycles. The molecule has 0 unspecified atom stereocenters. The monoisotopic (exact) mass is 361 g/mol. The second kappa shape index (κ2) is 5.88. The molecule has 0 bridgehead atoms. The van der Waals surface area contributed by atoms with Gasteiger partial charge in [-0.1, -0.05) is 15.9 Å². The van der Waals surface area contributed by atoms with E-state index in [0.717, 1.165) is 4.47 Å². The van der Waals surface area contributed by atoms with Crippen LogP contribution >= 0.6 is 28.6 Å². The molecule has 7 heteroatoms. The van der Waals surface area contributed by atoms with Crippen LogP contribution in [0.2, 0.25) is 0 Å². The van der Waals surface area contributed by atoms with Crippen molar-refractivity contribution in [3.05, 3.63) is 57.8 Å². The van der Waals surface area contributed by atoms with E-state index in [1.54, 1.807) is 12.1 Å². The minimum Gasteiger partial charge on any atom is -0.322 e. The zero-order chi connectivity index (χ0) is 14.9. The van der Waals surface area contributed by atoms with Crippen molar-refractivity contribution >= 4 is 40.2 Å². The molecule has 0 aromatic heterocycles. The van der Waals surface area contributed by atoms with Gasteiger partial charge >= 0.3 is 0 Å². The van der Waals surface area contributed by atoms with E-state index in [-0.39, 0.29) is 11.3 Å². The van der Waals surface area contributed by atoms with E-state index in [2.05, 4.69) is 33.9 Å². The van der Waals surface area contributed by atoms with E-state index in [1.165, 1.54) is 6.07 Å². The predicted molar refractivity (Wildman–Crippen MR) is 75.7 cm³/mol. The topological polar surface area (TPSA) is 29.1 Å². The number of thiol groups is 1. The van der Waals surface area contributed by atoms with Crippen molar-refractivity contribution in [2.45, 2.75) is 4.90 Å². The van der Waals surface area contributed by atoms with Gasteiger partial charge in [-0.15, -0.1) is 12.6 Å². The first-order valence-corrected chi connectivity index (χ1v) is 6.57. The molecule has 0 aliphatic carbocycles. The van der Waals surface area contributed by atoms with Crippen LogP contribution in [0.1, 0.15) is 10.4 Å². The van der Waals surface area contributed by atoms with E-state index < -0.39 is 23.4 Å². The Hall–Kier alpha value is -1.47. The first kappa shape index (κ1) is 14.9. The van der Waals surface area contributed by atoms with Gasteiger partial charge in [0.15, 0.2) is 17.5 Å². The molecular weight excluding hydrogens is 355 g/mol. The van der Waals surface area contributed by atoms with Crippen LogP contribution in [0.4, 0.5) is 18.9 Å². The highest BCUT2D eigenvalue weighted by Gasteiger charge is 2.14. The summed E-state index contributed by atoms with van der Waals surface area (Å²) < 4.78 is 39.6. The molecule has 0 atom stereocenters. The Morgan fingerprint density at radius 3 is 2.25 bits per heavy atom. The third-order valence-corrected chi connectivity index (χ3v) is 3.31. The summed E-state index contributed by atoms with van der Waals surface area (Å²) in [7, 11) is 0. The maximum Gasteiger partial charge on any atom is 0.256 e. The van der Waals surface area contributed by atoms with Gasteiger partial charge in [0, 0.05) is 27.2 Å². The number of rotatable bonds is 2. The van der Waals surface area contributed by atoms with Crippen LogP contribution in [0.15, 0.2) is 39.7 Å². The Balaban J connectivity index is 2.28. The predicted octanol–water partition coefficient (Wildman–Crippen LogP) is 4.41. The molecule has 0 aliphatic rings. The van der Waals surface area contributed by atoms with E-state index in [9.17, 15) is 18.0 Å². The normalized spacial score (nSPS) is 10.4. The molecule has 0 aliphatic heterocycles. The molecular formula is C13H7BrF3NOS. The lowest BCUT2D eigenvalue weighted by molar-refractivity contribution is 0.102. The number of carbonyl (C=O) groups is 1. The van der Waals surface area contributed by atoms with Crippen LogP contribution in [0.5, 0.6) is 0 Å². The number of carbonyl (C=O) groups excluding carboxylic acids is 1. The molecule has 1 amide bonds. The third kappa shape index (κ3) is 3.16. The molecule has 20 heavy (non-hydrogen) atoms. The van der Waals surface area contributed by atoms with Crippen molar-refractivity contribution in [1.82, 2.24) is 0 Å². The highest BCUT2D eigenvalue weighted by molar-refractivity contribution is 9.10. The molecule has 0 fully saturated rings. The lowest BCUT2D eigenvalue weighted by Crippen LogP contribution is -2.13. The molecule has 104 valence electrons. The lowest BCUT2D eigenvalue weighted by Gasteiger charge is -2.08. The zero-order valence-corrected chi connectivity index (χ0v) is 12.2. The minimum atomic E-state index is -1.58. The Labute approximate surface area is 126 Å². The quantitative estimate of drug-likeness (QED) is 0.602. The van der Waals surface area contributed by atoms with Gasteiger partial charge in [0.25, 0.3) is 5.91 Å². The van der Waals surface area contributed by atoms with Gasteiger partial charge in [0.05, 0.1) is 5.56 Å². The van der Waals surface area contributed by atoms with Crippen LogP contribution in [0.25, 0.3) is 0 Å². The van der Waals surface area contributed by atoms with Crippen LogP contribution in [0, 0.1) is 17.5 Å². The molecule has 2 aromatic rings. The molecule has 2 aromatic carbocycles. The Morgan fingerprint density at radius 2 is 1.70 bits per heavy atom. The number of halogens is 4. The van der Waals surface area contributed by atoms with E-state index >= 15 is 0 Å². The van der Waals surface area contributed by atoms with Gasteiger partial charge < -0.3 is 5.32 Å². The molecule has 0 spiro atoms. The van der Waals surface area contributed by atoms with Gasteiger partial charge in [-0.25, -0.2) is 13.2 Å². The lowest BCUT2D eigenvalue weighted by atomic mass is 10.2. The fraction of sp³-hybridized carbons (Fsp3) is 0. The van der Waals surface area contributed by atoms with Crippen molar-refractivity contribution in [2.75, 3.05) is 5.32 Å². The number of anilines is 1. The van der Waals surface area contributed by atoms with Crippen molar-refractivity contribution in [3.63, 3.8) is 0 Å². The van der Waals surface area contributed by atoms with Crippen LogP contribution in [-0.4, -0.2) is 5.91 Å². The summed E-state index contributed by atoms with van der Waals surface area (Å²) in [5.41, 5.74) is 0.0451. The van der Waals surface area contributed by atoms with Gasteiger partial charge in [-0.05, 0) is 18.2 Å². The molecule has 2 rings (SSSR count). The fourth-order valence-corrected chi connectivity index (χ4v) is 2.38. The van der Waals surface area contributed by atoms with Crippen molar-refractivity contribution < 1.29 is 18.0 Å². The zero-order valence-electron chi connectivity index (χ0n) is 9.75. The summed E-state index contributed by atoms with van der Waals surface area (Å²) in [5.74, 6) is -4.93. The highest BCUT2D eigenvalue weighted by atomic mass is 79.9. The SMILES string of the molecule is O=C(Nc1cc(F)c(F)c(F)c1)c1ccc(Br)cc1S. The van der Waals surface area contributed by atoms with Gasteiger partial charge in [-0.2, -0.15) is 0 Å². The Morgan fingerprint density at radius 1 is 1.10 bits per heavy atom. The standard InChI is InChI=1S/C13H7BrF3NOS/c14-6-1-2-8(11(20)3-6)13(19)18-7-4-9(15)12(17)10(16)5-7/h1-5,20H,(H,18,19). The minimum absolute atomic E-state index is 0.179. The summed E-state index contributed by atoms with van der Waals surface area (Å²) in [5, 5.41) is 2.28. The summed E-state index contributed by atoms with van der Waals surface area (Å²) in [6.07, 6.45) is 0. The number of hydrogen-bond acceptors (Lipinski definition) is 2. The Bertz CT molecular complexity index is 670. The maximum atomic E-state index is 13.0. The van der Waals surface area contributed by atoms with E-state index in [0.29, 0.717) is 17.0 Å². The van der Waals surface area contributed by atoms with Gasteiger partial charge in [-0.3, -0.25) is 4.79 Å². The van der Waals surface area contributed by atoms with E-state index in [1.807, 2.05) is 0 Å². The van der Waals surface area contributed by atoms with Crippen molar-refractivity contribution in [2.24, 2.45) is 0 Å². The van der Waals surface area contributed by atoms with Gasteiger partial charge in [0.1, 0.15) is 0 Å². The number of benzene rings is 2. The Kier molecular flexibility index (Phi) is 4.39. The smallest absolute Gasteiger partial charge is 0.256 e. The maximum absolute atomic E-state index is 13.0. The summed E-state index contributed by atoms with van der Waals surface area (Å²) >= 11 is 7.35. The second-order valence-corrected chi connectivity index (χ2v) is 5.27. The summed E-state index contributed by atoms with van der Waals surface area (Å²) in [6, 6.07) is 6.13. The van der Waals surface area contributed by atoms with Crippen molar-refractivity contribution in [3.8, 4) is 0 Å².